The number of pyridine rings is 1. The minimum atomic E-state index is -0.548. The second-order valence-corrected chi connectivity index (χ2v) is 8.02. The number of carbonyl (C=O) groups excluding carboxylic acids is 2. The van der Waals surface area contributed by atoms with Crippen LogP contribution in [0, 0.1) is 16.7 Å². The molecular weight excluding hydrogens is 330 g/mol. The molecule has 1 aromatic heterocycles. The molecule has 2 rings (SSSR count). The quantitative estimate of drug-likeness (QED) is 0.758. The number of amides is 2. The maximum atomic E-state index is 12.9. The Labute approximate surface area is 156 Å². The number of carbonyl (C=O) groups is 2. The first-order chi connectivity index (χ1) is 12.2. The van der Waals surface area contributed by atoms with Gasteiger partial charge in [-0.1, -0.05) is 20.8 Å². The maximum Gasteiger partial charge on any atom is 0.226 e. The summed E-state index contributed by atoms with van der Waals surface area (Å²) in [6.07, 6.45) is 5.56. The fraction of sp³-hybridized carbons (Fsp3) is 0.650. The summed E-state index contributed by atoms with van der Waals surface area (Å²) >= 11 is 0. The fourth-order valence-corrected chi connectivity index (χ4v) is 3.74. The van der Waals surface area contributed by atoms with Crippen LogP contribution in [0.1, 0.15) is 40.0 Å². The molecule has 0 bridgehead atoms. The van der Waals surface area contributed by atoms with Crippen LogP contribution in [0.2, 0.25) is 0 Å². The highest BCUT2D eigenvalue weighted by molar-refractivity contribution is 5.87. The van der Waals surface area contributed by atoms with Gasteiger partial charge >= 0.3 is 0 Å². The summed E-state index contributed by atoms with van der Waals surface area (Å²) < 4.78 is 5.59. The average Bonchev–Trinajstić information content (AvgIpc) is 2.85. The summed E-state index contributed by atoms with van der Waals surface area (Å²) in [5.41, 5.74) is -0.932. The van der Waals surface area contributed by atoms with Crippen LogP contribution in [0.15, 0.2) is 24.5 Å². The van der Waals surface area contributed by atoms with Gasteiger partial charge in [0.05, 0.1) is 18.2 Å². The Kier molecular flexibility index (Phi) is 6.26. The van der Waals surface area contributed by atoms with E-state index in [4.69, 9.17) is 4.74 Å². The third-order valence-electron chi connectivity index (χ3n) is 5.98. The smallest absolute Gasteiger partial charge is 0.226 e. The van der Waals surface area contributed by atoms with Crippen molar-refractivity contribution in [3.8, 4) is 5.75 Å². The van der Waals surface area contributed by atoms with Crippen molar-refractivity contribution in [2.75, 3.05) is 27.2 Å². The number of nitrogens with one attached hydrogen (secondary N) is 1. The molecule has 144 valence electrons. The highest BCUT2D eigenvalue weighted by Gasteiger charge is 2.58. The van der Waals surface area contributed by atoms with Gasteiger partial charge in [-0.25, -0.2) is 0 Å². The summed E-state index contributed by atoms with van der Waals surface area (Å²) in [6.45, 7) is 7.14. The van der Waals surface area contributed by atoms with Crippen LogP contribution in [0.3, 0.4) is 0 Å². The molecule has 1 aromatic rings. The molecule has 1 heterocycles. The van der Waals surface area contributed by atoms with Crippen LogP contribution in [-0.2, 0) is 9.59 Å². The minimum Gasteiger partial charge on any atom is -0.492 e. The van der Waals surface area contributed by atoms with Crippen molar-refractivity contribution in [3.05, 3.63) is 24.5 Å². The minimum absolute atomic E-state index is 0.0259. The molecule has 0 unspecified atom stereocenters. The Bertz CT molecular complexity index is 630. The van der Waals surface area contributed by atoms with Crippen molar-refractivity contribution in [3.63, 3.8) is 0 Å². The van der Waals surface area contributed by atoms with E-state index in [2.05, 4.69) is 10.3 Å². The first-order valence-corrected chi connectivity index (χ1v) is 9.22. The lowest BCUT2D eigenvalue weighted by molar-refractivity contribution is -0.142. The van der Waals surface area contributed by atoms with E-state index in [1.807, 2.05) is 32.9 Å². The Morgan fingerprint density at radius 2 is 2.08 bits per heavy atom. The van der Waals surface area contributed by atoms with Crippen LogP contribution in [0.25, 0.3) is 0 Å². The maximum absolute atomic E-state index is 12.9. The van der Waals surface area contributed by atoms with Gasteiger partial charge in [-0.2, -0.15) is 0 Å². The first kappa shape index (κ1) is 20.2. The van der Waals surface area contributed by atoms with Crippen molar-refractivity contribution in [1.82, 2.24) is 15.2 Å². The Morgan fingerprint density at radius 3 is 2.69 bits per heavy atom. The molecule has 0 saturated heterocycles. The number of aromatic nitrogens is 1. The van der Waals surface area contributed by atoms with Crippen LogP contribution in [0.5, 0.6) is 5.75 Å². The van der Waals surface area contributed by atoms with Gasteiger partial charge in [0.1, 0.15) is 5.75 Å². The van der Waals surface area contributed by atoms with Gasteiger partial charge in [0.25, 0.3) is 0 Å². The van der Waals surface area contributed by atoms with Crippen molar-refractivity contribution in [2.45, 2.75) is 40.0 Å². The summed E-state index contributed by atoms with van der Waals surface area (Å²) in [5, 5.41) is 3.04. The third-order valence-corrected chi connectivity index (χ3v) is 5.98. The highest BCUT2D eigenvalue weighted by atomic mass is 16.5. The molecule has 1 fully saturated rings. The van der Waals surface area contributed by atoms with E-state index in [9.17, 15) is 9.59 Å². The molecule has 2 atom stereocenters. The van der Waals surface area contributed by atoms with Crippen molar-refractivity contribution in [2.24, 2.45) is 16.7 Å². The summed E-state index contributed by atoms with van der Waals surface area (Å²) in [5.74, 6) is 0.740. The SMILES string of the molecule is CN(C)C(=O)[C@@H]1CC[C@](C)(C(=O)NCCCOc2cccnc2)C1(C)C. The molecule has 0 spiro atoms. The average molecular weight is 361 g/mol. The lowest BCUT2D eigenvalue weighted by Crippen LogP contribution is -2.49. The van der Waals surface area contributed by atoms with Crippen molar-refractivity contribution >= 4 is 11.8 Å². The van der Waals surface area contributed by atoms with Gasteiger partial charge in [0.2, 0.25) is 11.8 Å². The molecular formula is C20H31N3O3. The molecule has 1 aliphatic carbocycles. The molecule has 0 aliphatic heterocycles. The van der Waals surface area contributed by atoms with E-state index >= 15 is 0 Å². The molecule has 26 heavy (non-hydrogen) atoms. The summed E-state index contributed by atoms with van der Waals surface area (Å²) in [7, 11) is 3.55. The molecule has 2 amide bonds. The van der Waals surface area contributed by atoms with Gasteiger partial charge in [-0.3, -0.25) is 14.6 Å². The van der Waals surface area contributed by atoms with Gasteiger partial charge in [0.15, 0.2) is 0 Å². The van der Waals surface area contributed by atoms with Crippen molar-refractivity contribution in [1.29, 1.82) is 0 Å². The second-order valence-electron chi connectivity index (χ2n) is 8.02. The molecule has 1 aliphatic rings. The fourth-order valence-electron chi connectivity index (χ4n) is 3.74. The topological polar surface area (TPSA) is 71.5 Å². The van der Waals surface area contributed by atoms with E-state index in [0.29, 0.717) is 13.2 Å². The van der Waals surface area contributed by atoms with Gasteiger partial charge < -0.3 is 15.0 Å². The van der Waals surface area contributed by atoms with E-state index in [1.54, 1.807) is 31.4 Å². The third kappa shape index (κ3) is 4.00. The monoisotopic (exact) mass is 361 g/mol. The van der Waals surface area contributed by atoms with Crippen molar-refractivity contribution < 1.29 is 14.3 Å². The number of hydrogen-bond donors (Lipinski definition) is 1. The zero-order valence-corrected chi connectivity index (χ0v) is 16.5. The largest absolute Gasteiger partial charge is 0.492 e. The van der Waals surface area contributed by atoms with Crippen LogP contribution in [0.4, 0.5) is 0 Å². The molecule has 0 aromatic carbocycles. The van der Waals surface area contributed by atoms with E-state index in [0.717, 1.165) is 25.0 Å². The van der Waals surface area contributed by atoms with Gasteiger partial charge in [-0.05, 0) is 36.8 Å². The Hall–Kier alpha value is -2.11. The molecule has 1 saturated carbocycles. The van der Waals surface area contributed by atoms with E-state index in [1.165, 1.54) is 0 Å². The molecule has 0 radical (unpaired) electrons. The number of rotatable bonds is 7. The first-order valence-electron chi connectivity index (χ1n) is 9.22. The second kappa shape index (κ2) is 8.06. The number of nitrogens with zero attached hydrogens (tertiary/aromatic N) is 2. The predicted octanol–water partition coefficient (Wildman–Crippen LogP) is 2.50. The predicted molar refractivity (Wildman–Crippen MR) is 101 cm³/mol. The number of hydrogen-bond acceptors (Lipinski definition) is 4. The summed E-state index contributed by atoms with van der Waals surface area (Å²) in [6, 6.07) is 3.68. The van der Waals surface area contributed by atoms with Gasteiger partial charge in [-0.15, -0.1) is 0 Å². The lowest BCUT2D eigenvalue weighted by Gasteiger charge is -2.40. The van der Waals surface area contributed by atoms with Gasteiger partial charge in [0, 0.05) is 32.8 Å². The summed E-state index contributed by atoms with van der Waals surface area (Å²) in [4.78, 5) is 31.0. The van der Waals surface area contributed by atoms with Crippen LogP contribution >= 0.6 is 0 Å². The van der Waals surface area contributed by atoms with E-state index in [-0.39, 0.29) is 23.1 Å². The molecule has 6 heteroatoms. The number of ether oxygens (including phenoxy) is 1. The van der Waals surface area contributed by atoms with Crippen LogP contribution in [-0.4, -0.2) is 48.9 Å². The van der Waals surface area contributed by atoms with E-state index < -0.39 is 5.41 Å². The molecule has 6 nitrogen and oxygen atoms in total. The normalized spacial score (nSPS) is 24.1. The standard InChI is InChI=1S/C20H31N3O3/c1-19(2)16(17(24)23(4)5)9-10-20(19,3)18(25)22-12-7-13-26-15-8-6-11-21-14-15/h6,8,11,14,16H,7,9-10,12-13H2,1-5H3,(H,22,25)/t16-,20+/m0/s1. The lowest BCUT2D eigenvalue weighted by atomic mass is 9.65. The Morgan fingerprint density at radius 1 is 1.35 bits per heavy atom. The molecule has 1 N–H and O–H groups in total. The zero-order chi connectivity index (χ0) is 19.4. The zero-order valence-electron chi connectivity index (χ0n) is 16.5. The van der Waals surface area contributed by atoms with Crippen LogP contribution < -0.4 is 10.1 Å². The Balaban J connectivity index is 1.85. The highest BCUT2D eigenvalue weighted by Crippen LogP contribution is 2.56.